The first-order chi connectivity index (χ1) is 17.9. The maximum atomic E-state index is 13.4. The number of hydrogen-bond acceptors (Lipinski definition) is 8. The van der Waals surface area contributed by atoms with Gasteiger partial charge < -0.3 is 20.7 Å². The lowest BCUT2D eigenvalue weighted by Crippen LogP contribution is -2.57. The Morgan fingerprint density at radius 3 is 2.63 bits per heavy atom. The van der Waals surface area contributed by atoms with E-state index in [2.05, 4.69) is 5.32 Å². The summed E-state index contributed by atoms with van der Waals surface area (Å²) in [6, 6.07) is 0.233. The van der Waals surface area contributed by atoms with Crippen LogP contribution < -0.4 is 15.8 Å². The number of carbonyl (C=O) groups excluding carboxylic acids is 4. The van der Waals surface area contributed by atoms with Gasteiger partial charge in [-0.15, -0.1) is 11.3 Å². The van der Waals surface area contributed by atoms with Crippen LogP contribution in [0, 0.1) is 5.92 Å². The number of primary amides is 1. The van der Waals surface area contributed by atoms with Crippen LogP contribution in [-0.2, 0) is 29.1 Å². The zero-order valence-corrected chi connectivity index (χ0v) is 23.4. The van der Waals surface area contributed by atoms with Crippen molar-refractivity contribution in [1.29, 1.82) is 0 Å². The number of rotatable bonds is 4. The lowest BCUT2D eigenvalue weighted by molar-refractivity contribution is -0.146. The van der Waals surface area contributed by atoms with E-state index in [-0.39, 0.29) is 33.0 Å². The van der Waals surface area contributed by atoms with Gasteiger partial charge in [0.1, 0.15) is 20.8 Å². The molecule has 2 aliphatic heterocycles. The number of carbonyl (C=O) groups is 4. The topological polar surface area (TPSA) is 165 Å². The Hall–Kier alpha value is -2.35. The Morgan fingerprint density at radius 2 is 1.95 bits per heavy atom. The summed E-state index contributed by atoms with van der Waals surface area (Å²) in [5, 5.41) is 2.73. The number of thiophene rings is 1. The van der Waals surface area contributed by atoms with Crippen molar-refractivity contribution in [2.24, 2.45) is 11.7 Å². The highest BCUT2D eigenvalue weighted by molar-refractivity contribution is 7.90. The summed E-state index contributed by atoms with van der Waals surface area (Å²) in [5.74, 6) is -2.46. The van der Waals surface area contributed by atoms with Crippen LogP contribution in [0.15, 0.2) is 23.1 Å². The lowest BCUT2D eigenvalue weighted by atomic mass is 10.1. The van der Waals surface area contributed by atoms with Gasteiger partial charge in [0, 0.05) is 12.5 Å². The summed E-state index contributed by atoms with van der Waals surface area (Å²) in [6.07, 6.45) is 5.66. The molecule has 0 aromatic carbocycles. The fourth-order valence-corrected chi connectivity index (χ4v) is 8.14. The number of allylic oxidation sites excluding steroid dienone is 1. The van der Waals surface area contributed by atoms with E-state index in [1.54, 1.807) is 6.08 Å². The number of hydrogen-bond donors (Lipinski definition) is 3. The Kier molecular flexibility index (Phi) is 8.60. The van der Waals surface area contributed by atoms with Gasteiger partial charge in [-0.2, -0.15) is 0 Å². The molecule has 38 heavy (non-hydrogen) atoms. The number of ether oxygens (including phenoxy) is 1. The lowest BCUT2D eigenvalue weighted by Gasteiger charge is -2.29. The average molecular weight is 608 g/mol. The van der Waals surface area contributed by atoms with Gasteiger partial charge >= 0.3 is 6.09 Å². The van der Waals surface area contributed by atoms with Crippen molar-refractivity contribution in [3.63, 3.8) is 0 Å². The van der Waals surface area contributed by atoms with Crippen molar-refractivity contribution in [3.8, 4) is 0 Å². The van der Waals surface area contributed by atoms with E-state index in [0.717, 1.165) is 30.2 Å². The molecule has 0 radical (unpaired) electrons. The minimum atomic E-state index is -4.36. The van der Waals surface area contributed by atoms with Crippen LogP contribution in [0.5, 0.6) is 0 Å². The second kappa shape index (κ2) is 11.4. The normalized spacial score (nSPS) is 28.4. The number of nitrogens with one attached hydrogen (secondary N) is 2. The molecule has 0 bridgehead atoms. The van der Waals surface area contributed by atoms with Crippen LogP contribution in [0.2, 0.25) is 8.67 Å². The molecular formula is C23H28Cl2N4O7S2. The molecule has 1 aliphatic carbocycles. The first-order valence-corrected chi connectivity index (χ1v) is 15.3. The minimum Gasteiger partial charge on any atom is -0.436 e. The molecule has 4 unspecified atom stereocenters. The number of nitrogens with zero attached hydrogens (tertiary/aromatic N) is 1. The monoisotopic (exact) mass is 606 g/mol. The highest BCUT2D eigenvalue weighted by Crippen LogP contribution is 2.46. The fourth-order valence-electron chi connectivity index (χ4n) is 4.95. The molecule has 4 atom stereocenters. The summed E-state index contributed by atoms with van der Waals surface area (Å²) in [7, 11) is -4.36. The molecule has 1 aromatic heterocycles. The number of fused-ring (bicyclic) bond motifs is 2. The molecule has 3 heterocycles. The zero-order valence-electron chi connectivity index (χ0n) is 20.3. The minimum absolute atomic E-state index is 0.0982. The van der Waals surface area contributed by atoms with E-state index in [4.69, 9.17) is 33.7 Å². The summed E-state index contributed by atoms with van der Waals surface area (Å²) >= 11 is 12.7. The van der Waals surface area contributed by atoms with E-state index in [1.165, 1.54) is 4.90 Å². The van der Waals surface area contributed by atoms with Gasteiger partial charge in [-0.05, 0) is 51.0 Å². The largest absolute Gasteiger partial charge is 0.436 e. The summed E-state index contributed by atoms with van der Waals surface area (Å²) < 4.78 is 33.0. The van der Waals surface area contributed by atoms with Crippen LogP contribution in [-0.4, -0.2) is 61.4 Å². The summed E-state index contributed by atoms with van der Waals surface area (Å²) in [6.45, 7) is 0.268. The van der Waals surface area contributed by atoms with Gasteiger partial charge in [-0.3, -0.25) is 14.4 Å². The molecule has 3 aliphatic rings. The molecular weight excluding hydrogens is 579 g/mol. The molecule has 1 saturated carbocycles. The van der Waals surface area contributed by atoms with E-state index < -0.39 is 57.4 Å². The van der Waals surface area contributed by atoms with Crippen molar-refractivity contribution in [2.75, 3.05) is 6.54 Å². The van der Waals surface area contributed by atoms with Gasteiger partial charge in [-0.1, -0.05) is 41.8 Å². The van der Waals surface area contributed by atoms with E-state index in [1.807, 2.05) is 10.8 Å². The summed E-state index contributed by atoms with van der Waals surface area (Å²) in [4.78, 5) is 52.5. The molecule has 4 amide bonds. The van der Waals surface area contributed by atoms with Crippen LogP contribution in [0.25, 0.3) is 0 Å². The average Bonchev–Trinajstić information content (AvgIpc) is 3.14. The zero-order chi connectivity index (χ0) is 27.7. The van der Waals surface area contributed by atoms with Gasteiger partial charge in [-0.25, -0.2) is 17.9 Å². The number of amides is 4. The van der Waals surface area contributed by atoms with Crippen molar-refractivity contribution in [3.05, 3.63) is 26.9 Å². The molecule has 15 heteroatoms. The maximum absolute atomic E-state index is 13.4. The summed E-state index contributed by atoms with van der Waals surface area (Å²) in [5.41, 5.74) is 3.66. The second-order valence-corrected chi connectivity index (χ2v) is 13.5. The van der Waals surface area contributed by atoms with E-state index in [9.17, 15) is 27.6 Å². The third-order valence-electron chi connectivity index (χ3n) is 6.99. The fraction of sp³-hybridized carbons (Fsp3) is 0.565. The Balaban J connectivity index is 1.59. The van der Waals surface area contributed by atoms with Crippen LogP contribution in [0.3, 0.4) is 0 Å². The van der Waals surface area contributed by atoms with Crippen LogP contribution >= 0.6 is 34.5 Å². The van der Waals surface area contributed by atoms with Crippen molar-refractivity contribution >= 4 is 68.4 Å². The smallest absolute Gasteiger partial charge is 0.405 e. The predicted octanol–water partition coefficient (Wildman–Crippen LogP) is 2.71. The highest BCUT2D eigenvalue weighted by atomic mass is 35.5. The molecule has 11 nitrogen and oxygen atoms in total. The third kappa shape index (κ3) is 6.11. The molecule has 0 spiro atoms. The molecule has 2 fully saturated rings. The second-order valence-electron chi connectivity index (χ2n) is 9.58. The number of nitrogens with two attached hydrogens (primary N) is 1. The quantitative estimate of drug-likeness (QED) is 0.443. The Morgan fingerprint density at radius 1 is 1.18 bits per heavy atom. The van der Waals surface area contributed by atoms with Gasteiger partial charge in [0.2, 0.25) is 5.91 Å². The molecule has 4 rings (SSSR count). The first kappa shape index (κ1) is 28.7. The molecule has 1 aromatic rings. The van der Waals surface area contributed by atoms with Crippen molar-refractivity contribution in [1.82, 2.24) is 14.9 Å². The van der Waals surface area contributed by atoms with Crippen LogP contribution in [0.4, 0.5) is 4.79 Å². The predicted molar refractivity (Wildman–Crippen MR) is 140 cm³/mol. The van der Waals surface area contributed by atoms with Gasteiger partial charge in [0.05, 0.1) is 4.34 Å². The number of sulfonamides is 1. The van der Waals surface area contributed by atoms with Gasteiger partial charge in [0.25, 0.3) is 21.8 Å². The van der Waals surface area contributed by atoms with Crippen molar-refractivity contribution in [2.45, 2.75) is 73.9 Å². The maximum Gasteiger partial charge on any atom is 0.405 e. The van der Waals surface area contributed by atoms with Crippen LogP contribution in [0.1, 0.15) is 51.4 Å². The first-order valence-electron chi connectivity index (χ1n) is 12.2. The third-order valence-corrected chi connectivity index (χ3v) is 10.1. The standard InChI is InChI=1S/C23H28Cl2N4O7S2/c24-17-11-16(18(25)37-17)38(34,35)28-21(32)23-12-13(23)7-4-2-1-3-5-9-15(36-22(26)33)20(31)29-10-6-8-14(29)19(30)27-23/h4,7,11,13-15H,1-3,5-6,8-10,12H2,(H2,26,33)(H,27,30)(H,28,32). The molecule has 208 valence electrons. The molecule has 4 N–H and O–H groups in total. The van der Waals surface area contributed by atoms with Crippen molar-refractivity contribution < 1.29 is 32.3 Å². The molecule has 1 saturated heterocycles. The van der Waals surface area contributed by atoms with E-state index in [0.29, 0.717) is 25.7 Å². The van der Waals surface area contributed by atoms with Gasteiger partial charge in [0.15, 0.2) is 6.10 Å². The van der Waals surface area contributed by atoms with E-state index >= 15 is 0 Å². The highest BCUT2D eigenvalue weighted by Gasteiger charge is 2.61. The Labute approximate surface area is 234 Å². The number of halogens is 2. The Bertz CT molecular complexity index is 1270. The SMILES string of the molecule is NC(=O)OC1CCCCCC=CC2CC2(C(=O)NS(=O)(=O)c2cc(Cl)sc2Cl)NC(=O)C2CCCN2C1=O.